The molecule has 0 aromatic heterocycles. The summed E-state index contributed by atoms with van der Waals surface area (Å²) in [6.45, 7) is 1.22. The van der Waals surface area contributed by atoms with E-state index in [2.05, 4.69) is 21.2 Å². The molecule has 1 aliphatic heterocycles. The Morgan fingerprint density at radius 3 is 2.40 bits per heavy atom. The van der Waals surface area contributed by atoms with Gasteiger partial charge in [0.2, 0.25) is 11.8 Å². The molecule has 2 aliphatic rings. The van der Waals surface area contributed by atoms with Gasteiger partial charge in [0.15, 0.2) is 0 Å². The number of amides is 2. The van der Waals surface area contributed by atoms with Crippen LogP contribution in [0.3, 0.4) is 0 Å². The molecule has 3 N–H and O–H groups in total. The number of nitrogens with zero attached hydrogens (tertiary/aromatic N) is 1. The molecule has 10 heteroatoms. The molecule has 5 nitrogen and oxygen atoms in total. The van der Waals surface area contributed by atoms with E-state index in [9.17, 15) is 27.2 Å². The van der Waals surface area contributed by atoms with Gasteiger partial charge in [0.25, 0.3) is 0 Å². The van der Waals surface area contributed by atoms with E-state index >= 15 is 0 Å². The summed E-state index contributed by atoms with van der Waals surface area (Å²) in [7, 11) is 0. The molecule has 2 amide bonds. The van der Waals surface area contributed by atoms with Crippen LogP contribution >= 0.6 is 15.9 Å². The van der Waals surface area contributed by atoms with E-state index in [1.807, 2.05) is 24.3 Å². The van der Waals surface area contributed by atoms with Crippen LogP contribution in [0.1, 0.15) is 42.4 Å². The molecule has 1 saturated carbocycles. The normalized spacial score (nSPS) is 20.2. The molecular formula is C25H26BrF4N3O2. The number of benzene rings is 2. The third-order valence-electron chi connectivity index (χ3n) is 6.89. The molecule has 0 radical (unpaired) electrons. The van der Waals surface area contributed by atoms with Gasteiger partial charge in [-0.2, -0.15) is 13.2 Å². The number of alkyl halides is 3. The van der Waals surface area contributed by atoms with Crippen LogP contribution in [0.2, 0.25) is 0 Å². The second-order valence-electron chi connectivity index (χ2n) is 9.24. The number of primary amides is 1. The zero-order valence-corrected chi connectivity index (χ0v) is 20.5. The Bertz CT molecular complexity index is 1100. The lowest BCUT2D eigenvalue weighted by Crippen LogP contribution is -2.59. The van der Waals surface area contributed by atoms with Gasteiger partial charge in [0.1, 0.15) is 11.9 Å². The summed E-state index contributed by atoms with van der Waals surface area (Å²) in [5.41, 5.74) is 4.07. The zero-order valence-electron chi connectivity index (χ0n) is 18.9. The van der Waals surface area contributed by atoms with E-state index in [-0.39, 0.29) is 18.0 Å². The van der Waals surface area contributed by atoms with Gasteiger partial charge in [-0.05, 0) is 67.6 Å². The lowest BCUT2D eigenvalue weighted by Gasteiger charge is -2.41. The van der Waals surface area contributed by atoms with Crippen molar-refractivity contribution in [3.8, 4) is 0 Å². The second kappa shape index (κ2) is 9.89. The van der Waals surface area contributed by atoms with Crippen LogP contribution in [0, 0.1) is 5.82 Å². The van der Waals surface area contributed by atoms with Crippen LogP contribution in [0.5, 0.6) is 0 Å². The van der Waals surface area contributed by atoms with Crippen molar-refractivity contribution in [3.63, 3.8) is 0 Å². The minimum atomic E-state index is -4.89. The Labute approximate surface area is 209 Å². The average Bonchev–Trinajstić information content (AvgIpc) is 3.62. The highest BCUT2D eigenvalue weighted by Crippen LogP contribution is 2.51. The molecule has 1 aliphatic carbocycles. The molecule has 1 heterocycles. The Balaban J connectivity index is 1.72. The molecule has 2 aromatic carbocycles. The Morgan fingerprint density at radius 2 is 1.86 bits per heavy atom. The maximum Gasteiger partial charge on any atom is 0.419 e. The SMILES string of the molecule is NC(=O)[C@H](Cc1ccc(Br)cc1)N(C(=O)C1(c2ccc(F)c(C(F)(F)F)c2)CC1)[C@@H]1CCCNC1. The predicted octanol–water partition coefficient (Wildman–Crippen LogP) is 4.32. The van der Waals surface area contributed by atoms with Crippen LogP contribution in [-0.4, -0.2) is 41.9 Å². The van der Waals surface area contributed by atoms with Crippen molar-refractivity contribution >= 4 is 27.7 Å². The van der Waals surface area contributed by atoms with Crippen LogP contribution in [0.15, 0.2) is 46.9 Å². The highest BCUT2D eigenvalue weighted by molar-refractivity contribution is 9.10. The monoisotopic (exact) mass is 555 g/mol. The standard InChI is InChI=1S/C25H26BrF4N3O2/c26-17-6-3-15(4-7-17)12-21(22(31)34)33(18-2-1-11-32-14-18)23(35)24(9-10-24)16-5-8-20(27)19(13-16)25(28,29)30/h3-8,13,18,21,32H,1-2,9-12,14H2,(H2,31,34)/t18-,21+/m1/s1. The minimum absolute atomic E-state index is 0.108. The van der Waals surface area contributed by atoms with E-state index in [4.69, 9.17) is 5.73 Å². The molecule has 188 valence electrons. The lowest BCUT2D eigenvalue weighted by atomic mass is 9.89. The first-order valence-corrected chi connectivity index (χ1v) is 12.3. The summed E-state index contributed by atoms with van der Waals surface area (Å²) in [4.78, 5) is 28.2. The van der Waals surface area contributed by atoms with Gasteiger partial charge in [0, 0.05) is 23.5 Å². The molecule has 2 aromatic rings. The van der Waals surface area contributed by atoms with Gasteiger partial charge in [-0.25, -0.2) is 4.39 Å². The fourth-order valence-electron chi connectivity index (χ4n) is 4.85. The maximum atomic E-state index is 14.1. The number of nitrogens with one attached hydrogen (secondary N) is 1. The third kappa shape index (κ3) is 5.38. The van der Waals surface area contributed by atoms with Crippen molar-refractivity contribution in [2.45, 2.75) is 55.8 Å². The molecule has 0 bridgehead atoms. The largest absolute Gasteiger partial charge is 0.419 e. The number of hydrogen-bond donors (Lipinski definition) is 2. The number of piperidine rings is 1. The molecule has 0 spiro atoms. The lowest BCUT2D eigenvalue weighted by molar-refractivity contribution is -0.145. The van der Waals surface area contributed by atoms with Crippen molar-refractivity contribution in [1.82, 2.24) is 10.2 Å². The fraction of sp³-hybridized carbons (Fsp3) is 0.440. The van der Waals surface area contributed by atoms with Crippen LogP contribution in [-0.2, 0) is 27.6 Å². The summed E-state index contributed by atoms with van der Waals surface area (Å²) in [5.74, 6) is -2.51. The van der Waals surface area contributed by atoms with E-state index in [1.54, 1.807) is 0 Å². The van der Waals surface area contributed by atoms with E-state index < -0.39 is 40.8 Å². The molecule has 2 fully saturated rings. The van der Waals surface area contributed by atoms with Crippen molar-refractivity contribution in [1.29, 1.82) is 0 Å². The second-order valence-corrected chi connectivity index (χ2v) is 10.2. The summed E-state index contributed by atoms with van der Waals surface area (Å²) in [6, 6.07) is 8.69. The Kier molecular flexibility index (Phi) is 7.24. The summed E-state index contributed by atoms with van der Waals surface area (Å²) in [6.07, 6.45) is -2.66. The zero-order chi connectivity index (χ0) is 25.4. The third-order valence-corrected chi connectivity index (χ3v) is 7.42. The first-order valence-electron chi connectivity index (χ1n) is 11.5. The summed E-state index contributed by atoms with van der Waals surface area (Å²) in [5, 5.41) is 3.23. The van der Waals surface area contributed by atoms with Crippen LogP contribution < -0.4 is 11.1 Å². The number of nitrogens with two attached hydrogens (primary N) is 1. The molecular weight excluding hydrogens is 530 g/mol. The molecule has 2 atom stereocenters. The molecule has 0 unspecified atom stereocenters. The molecule has 1 saturated heterocycles. The van der Waals surface area contributed by atoms with Gasteiger partial charge >= 0.3 is 6.18 Å². The van der Waals surface area contributed by atoms with E-state index in [1.165, 1.54) is 11.0 Å². The molecule has 4 rings (SSSR count). The van der Waals surface area contributed by atoms with Crippen molar-refractivity contribution in [2.24, 2.45) is 5.73 Å². The first kappa shape index (κ1) is 25.6. The topological polar surface area (TPSA) is 75.4 Å². The maximum absolute atomic E-state index is 14.1. The molecule has 35 heavy (non-hydrogen) atoms. The van der Waals surface area contributed by atoms with Crippen molar-refractivity contribution in [2.75, 3.05) is 13.1 Å². The number of rotatable bonds is 7. The van der Waals surface area contributed by atoms with Gasteiger partial charge in [-0.3, -0.25) is 9.59 Å². The van der Waals surface area contributed by atoms with Gasteiger partial charge < -0.3 is 16.0 Å². The number of halogens is 5. The average molecular weight is 556 g/mol. The highest BCUT2D eigenvalue weighted by Gasteiger charge is 2.56. The number of carbonyl (C=O) groups excluding carboxylic acids is 2. The van der Waals surface area contributed by atoms with E-state index in [0.717, 1.165) is 35.1 Å². The van der Waals surface area contributed by atoms with Crippen molar-refractivity contribution < 1.29 is 27.2 Å². The fourth-order valence-corrected chi connectivity index (χ4v) is 5.12. The quantitative estimate of drug-likeness (QED) is 0.500. The van der Waals surface area contributed by atoms with Crippen LogP contribution in [0.4, 0.5) is 17.6 Å². The minimum Gasteiger partial charge on any atom is -0.368 e. The smallest absolute Gasteiger partial charge is 0.368 e. The first-order chi connectivity index (χ1) is 16.5. The predicted molar refractivity (Wildman–Crippen MR) is 126 cm³/mol. The van der Waals surface area contributed by atoms with Gasteiger partial charge in [-0.15, -0.1) is 0 Å². The Morgan fingerprint density at radius 1 is 1.17 bits per heavy atom. The van der Waals surface area contributed by atoms with Crippen LogP contribution in [0.25, 0.3) is 0 Å². The number of carbonyl (C=O) groups is 2. The van der Waals surface area contributed by atoms with Gasteiger partial charge in [0.05, 0.1) is 11.0 Å². The highest BCUT2D eigenvalue weighted by atomic mass is 79.9. The van der Waals surface area contributed by atoms with Gasteiger partial charge in [-0.1, -0.05) is 34.1 Å². The summed E-state index contributed by atoms with van der Waals surface area (Å²) >= 11 is 3.37. The van der Waals surface area contributed by atoms with E-state index in [0.29, 0.717) is 25.8 Å². The Hall–Kier alpha value is -2.46. The van der Waals surface area contributed by atoms with Crippen molar-refractivity contribution in [3.05, 3.63) is 69.4 Å². The summed E-state index contributed by atoms with van der Waals surface area (Å²) < 4.78 is 55.0. The number of hydrogen-bond acceptors (Lipinski definition) is 3.